The maximum Gasteiger partial charge on any atom is 0.254 e. The average molecular weight is 443 g/mol. The van der Waals surface area contributed by atoms with E-state index in [9.17, 15) is 9.59 Å². The maximum absolute atomic E-state index is 14.2. The van der Waals surface area contributed by atoms with Gasteiger partial charge in [-0.15, -0.1) is 0 Å². The third-order valence-corrected chi connectivity index (χ3v) is 7.14. The van der Waals surface area contributed by atoms with Gasteiger partial charge in [0.25, 0.3) is 5.91 Å². The molecule has 2 fully saturated rings. The molecule has 6 heteroatoms. The lowest BCUT2D eigenvalue weighted by Gasteiger charge is -2.35. The molecular weight excluding hydrogens is 412 g/mol. The molecule has 2 aliphatic rings. The van der Waals surface area contributed by atoms with Crippen LogP contribution >= 0.6 is 0 Å². The predicted molar refractivity (Wildman–Crippen MR) is 127 cm³/mol. The molecule has 170 valence electrons. The molecule has 2 aromatic carbocycles. The Labute approximate surface area is 194 Å². The van der Waals surface area contributed by atoms with E-state index in [0.717, 1.165) is 36.8 Å². The van der Waals surface area contributed by atoms with Crippen molar-refractivity contribution in [3.8, 4) is 0 Å². The molecule has 3 aromatic rings. The van der Waals surface area contributed by atoms with E-state index in [2.05, 4.69) is 34.3 Å². The van der Waals surface area contributed by atoms with Crippen molar-refractivity contribution in [1.82, 2.24) is 19.8 Å². The monoisotopic (exact) mass is 442 g/mol. The number of nitrogens with zero attached hydrogens (tertiary/aromatic N) is 3. The molecule has 2 aliphatic heterocycles. The number of benzene rings is 2. The fourth-order valence-electron chi connectivity index (χ4n) is 5.66. The molecule has 0 bridgehead atoms. The van der Waals surface area contributed by atoms with Crippen molar-refractivity contribution in [3.05, 3.63) is 90.0 Å². The van der Waals surface area contributed by atoms with Crippen LogP contribution in [0.5, 0.6) is 0 Å². The number of nitrogens with one attached hydrogen (secondary N) is 1. The van der Waals surface area contributed by atoms with Crippen molar-refractivity contribution < 1.29 is 9.59 Å². The summed E-state index contributed by atoms with van der Waals surface area (Å²) in [6.45, 7) is 2.71. The van der Waals surface area contributed by atoms with Gasteiger partial charge in [-0.1, -0.05) is 48.5 Å². The van der Waals surface area contributed by atoms with Crippen LogP contribution in [-0.2, 0) is 17.8 Å². The van der Waals surface area contributed by atoms with Gasteiger partial charge in [-0.2, -0.15) is 0 Å². The lowest BCUT2D eigenvalue weighted by molar-refractivity contribution is -0.122. The van der Waals surface area contributed by atoms with Gasteiger partial charge in [0.2, 0.25) is 5.91 Å². The zero-order chi connectivity index (χ0) is 22.8. The highest BCUT2D eigenvalue weighted by molar-refractivity contribution is 5.96. The number of rotatable bonds is 5. The third kappa shape index (κ3) is 4.30. The van der Waals surface area contributed by atoms with E-state index in [1.54, 1.807) is 12.5 Å². The number of aromatic nitrogens is 2. The van der Waals surface area contributed by atoms with E-state index in [-0.39, 0.29) is 23.9 Å². The summed E-state index contributed by atoms with van der Waals surface area (Å²) < 4.78 is 1.98. The van der Waals surface area contributed by atoms with E-state index in [0.29, 0.717) is 13.0 Å². The van der Waals surface area contributed by atoms with Crippen LogP contribution in [0.25, 0.3) is 0 Å². The molecule has 0 radical (unpaired) electrons. The molecule has 2 saturated heterocycles. The minimum atomic E-state index is -0.415. The first-order valence-corrected chi connectivity index (χ1v) is 11.7. The van der Waals surface area contributed by atoms with Gasteiger partial charge in [0.1, 0.15) is 0 Å². The van der Waals surface area contributed by atoms with Gasteiger partial charge in [0, 0.05) is 37.0 Å². The number of hydrogen-bond acceptors (Lipinski definition) is 3. The highest BCUT2D eigenvalue weighted by Gasteiger charge is 2.52. The Morgan fingerprint density at radius 2 is 1.94 bits per heavy atom. The van der Waals surface area contributed by atoms with E-state index in [1.165, 1.54) is 5.56 Å². The Kier molecular flexibility index (Phi) is 5.75. The summed E-state index contributed by atoms with van der Waals surface area (Å²) in [4.78, 5) is 32.9. The number of amides is 2. The fourth-order valence-corrected chi connectivity index (χ4v) is 5.66. The van der Waals surface area contributed by atoms with Crippen LogP contribution in [0.1, 0.15) is 54.1 Å². The topological polar surface area (TPSA) is 67.2 Å². The smallest absolute Gasteiger partial charge is 0.254 e. The van der Waals surface area contributed by atoms with Gasteiger partial charge >= 0.3 is 0 Å². The van der Waals surface area contributed by atoms with Gasteiger partial charge in [0.05, 0.1) is 17.9 Å². The van der Waals surface area contributed by atoms with Gasteiger partial charge in [0.15, 0.2) is 0 Å². The van der Waals surface area contributed by atoms with Gasteiger partial charge in [-0.3, -0.25) is 9.59 Å². The summed E-state index contributed by atoms with van der Waals surface area (Å²) in [7, 11) is 0. The second-order valence-corrected chi connectivity index (χ2v) is 9.53. The minimum Gasteiger partial charge on any atom is -0.349 e. The van der Waals surface area contributed by atoms with Crippen molar-refractivity contribution in [2.24, 2.45) is 0 Å². The number of imidazole rings is 1. The van der Waals surface area contributed by atoms with Crippen LogP contribution in [0.3, 0.4) is 0 Å². The first-order valence-electron chi connectivity index (χ1n) is 11.7. The highest BCUT2D eigenvalue weighted by Crippen LogP contribution is 2.40. The predicted octanol–water partition coefficient (Wildman–Crippen LogP) is 3.82. The zero-order valence-corrected chi connectivity index (χ0v) is 19.0. The molecule has 6 nitrogen and oxygen atoms in total. The summed E-state index contributed by atoms with van der Waals surface area (Å²) in [5.41, 5.74) is 2.50. The quantitative estimate of drug-likeness (QED) is 0.653. The number of carbonyl (C=O) groups is 2. The van der Waals surface area contributed by atoms with Crippen molar-refractivity contribution in [2.45, 2.75) is 63.2 Å². The largest absolute Gasteiger partial charge is 0.349 e. The molecule has 1 N–H and O–H groups in total. The molecule has 1 aromatic heterocycles. The number of fused-ring (bicyclic) bond motifs is 1. The highest BCUT2D eigenvalue weighted by atomic mass is 16.2. The molecule has 3 heterocycles. The lowest BCUT2D eigenvalue weighted by atomic mass is 9.88. The van der Waals surface area contributed by atoms with Crippen LogP contribution in [0.4, 0.5) is 0 Å². The summed E-state index contributed by atoms with van der Waals surface area (Å²) in [5.74, 6) is 0.143. The van der Waals surface area contributed by atoms with E-state index in [1.807, 2.05) is 53.2 Å². The molecular formula is C27H30N4O2. The first kappa shape index (κ1) is 21.4. The molecule has 0 unspecified atom stereocenters. The minimum absolute atomic E-state index is 0.0218. The Morgan fingerprint density at radius 1 is 1.15 bits per heavy atom. The SMILES string of the molecule is C[C@]12C[C@@H](Cc3ccccc3)N(C(=O)c3ccccc3Cn3ccnc3)[C@H]1CCCC(=O)N2. The second kappa shape index (κ2) is 8.85. The maximum atomic E-state index is 14.2. The van der Waals surface area contributed by atoms with Crippen LogP contribution in [0, 0.1) is 0 Å². The summed E-state index contributed by atoms with van der Waals surface area (Å²) >= 11 is 0. The first-order chi connectivity index (χ1) is 16.0. The van der Waals surface area contributed by atoms with Crippen molar-refractivity contribution in [1.29, 1.82) is 0 Å². The Balaban J connectivity index is 1.51. The van der Waals surface area contributed by atoms with E-state index in [4.69, 9.17) is 0 Å². The molecule has 3 atom stereocenters. The second-order valence-electron chi connectivity index (χ2n) is 9.53. The lowest BCUT2D eigenvalue weighted by Crippen LogP contribution is -2.54. The van der Waals surface area contributed by atoms with Crippen molar-refractivity contribution in [2.75, 3.05) is 0 Å². The molecule has 5 rings (SSSR count). The normalized spacial score (nSPS) is 24.8. The third-order valence-electron chi connectivity index (χ3n) is 7.14. The number of hydrogen-bond donors (Lipinski definition) is 1. The Morgan fingerprint density at radius 3 is 2.73 bits per heavy atom. The van der Waals surface area contributed by atoms with Gasteiger partial charge < -0.3 is 14.8 Å². The van der Waals surface area contributed by atoms with Crippen LogP contribution in [0.15, 0.2) is 73.3 Å². The van der Waals surface area contributed by atoms with Gasteiger partial charge in [-0.25, -0.2) is 4.98 Å². The standard InChI is InChI=1S/C27H30N4O2/c1-27-17-22(16-20-8-3-2-4-9-20)31(24(27)12-7-13-25(32)29-27)26(33)23-11-6-5-10-21(23)18-30-15-14-28-19-30/h2-6,8-11,14-15,19,22,24H,7,12-13,16-18H2,1H3,(H,29,32)/t22-,24+,27+/m1/s1. The van der Waals surface area contributed by atoms with Crippen molar-refractivity contribution in [3.63, 3.8) is 0 Å². The number of likely N-dealkylation sites (tertiary alicyclic amines) is 1. The molecule has 0 spiro atoms. The van der Waals surface area contributed by atoms with Crippen molar-refractivity contribution >= 4 is 11.8 Å². The van der Waals surface area contributed by atoms with E-state index >= 15 is 0 Å². The zero-order valence-electron chi connectivity index (χ0n) is 19.0. The van der Waals surface area contributed by atoms with Gasteiger partial charge in [-0.05, 0) is 49.8 Å². The summed E-state index contributed by atoms with van der Waals surface area (Å²) in [6, 6.07) is 18.2. The molecule has 2 amide bonds. The Hall–Kier alpha value is -3.41. The average Bonchev–Trinajstić information content (AvgIpc) is 3.37. The summed E-state index contributed by atoms with van der Waals surface area (Å²) in [6.07, 6.45) is 9.11. The molecule has 0 aliphatic carbocycles. The fraction of sp³-hybridized carbons (Fsp3) is 0.370. The Bertz CT molecular complexity index is 1130. The summed E-state index contributed by atoms with van der Waals surface area (Å²) in [5, 5.41) is 3.28. The molecule has 0 saturated carbocycles. The van der Waals surface area contributed by atoms with Crippen LogP contribution in [-0.4, -0.2) is 43.9 Å². The van der Waals surface area contributed by atoms with Crippen LogP contribution < -0.4 is 5.32 Å². The van der Waals surface area contributed by atoms with Crippen LogP contribution in [0.2, 0.25) is 0 Å². The molecule has 33 heavy (non-hydrogen) atoms. The van der Waals surface area contributed by atoms with E-state index < -0.39 is 5.54 Å². The number of carbonyl (C=O) groups excluding carboxylic acids is 2.